The molecule has 0 unspecified atom stereocenters. The van der Waals surface area contributed by atoms with Crippen molar-refractivity contribution in [1.29, 1.82) is 0 Å². The Bertz CT molecular complexity index is 660. The van der Waals surface area contributed by atoms with Gasteiger partial charge in [0.15, 0.2) is 17.0 Å². The van der Waals surface area contributed by atoms with E-state index < -0.39 is 5.91 Å². The predicted molar refractivity (Wildman–Crippen MR) is 69.4 cm³/mol. The molecule has 2 aromatic rings. The van der Waals surface area contributed by atoms with Crippen LogP contribution in [0.3, 0.4) is 0 Å². The summed E-state index contributed by atoms with van der Waals surface area (Å²) in [5.74, 6) is 1.05. The fourth-order valence-corrected chi connectivity index (χ4v) is 1.62. The van der Waals surface area contributed by atoms with Crippen molar-refractivity contribution in [1.82, 2.24) is 15.5 Å². The van der Waals surface area contributed by atoms with Gasteiger partial charge in [-0.05, 0) is 6.92 Å². The average molecular weight is 277 g/mol. The minimum atomic E-state index is -0.443. The van der Waals surface area contributed by atoms with Crippen LogP contribution in [0.2, 0.25) is 0 Å². The summed E-state index contributed by atoms with van der Waals surface area (Å²) in [5.41, 5.74) is -0.261. The number of rotatable bonds is 5. The predicted octanol–water partition coefficient (Wildman–Crippen LogP) is 0.866. The number of nitrogens with one attached hydrogen (secondary N) is 1. The number of aryl methyl sites for hydroxylation is 2. The Morgan fingerprint density at radius 2 is 2.20 bits per heavy atom. The van der Waals surface area contributed by atoms with E-state index in [2.05, 4.69) is 15.5 Å². The SMILES string of the molecule is CCc1noc(CCNC(=O)c2cc(=O)cc(C)o2)n1. The summed E-state index contributed by atoms with van der Waals surface area (Å²) in [7, 11) is 0. The van der Waals surface area contributed by atoms with E-state index in [9.17, 15) is 9.59 Å². The molecule has 20 heavy (non-hydrogen) atoms. The van der Waals surface area contributed by atoms with Crippen molar-refractivity contribution in [2.24, 2.45) is 0 Å². The molecule has 1 N–H and O–H groups in total. The van der Waals surface area contributed by atoms with Gasteiger partial charge >= 0.3 is 0 Å². The molecular weight excluding hydrogens is 262 g/mol. The van der Waals surface area contributed by atoms with E-state index in [4.69, 9.17) is 8.94 Å². The van der Waals surface area contributed by atoms with Gasteiger partial charge in [0.2, 0.25) is 5.89 Å². The van der Waals surface area contributed by atoms with E-state index in [0.29, 0.717) is 36.9 Å². The van der Waals surface area contributed by atoms with Crippen molar-refractivity contribution in [3.05, 3.63) is 45.6 Å². The van der Waals surface area contributed by atoms with E-state index in [0.717, 1.165) is 6.07 Å². The molecule has 0 saturated heterocycles. The summed E-state index contributed by atoms with van der Waals surface area (Å²) in [6.45, 7) is 3.86. The second-order valence-electron chi connectivity index (χ2n) is 4.23. The highest BCUT2D eigenvalue weighted by molar-refractivity contribution is 5.91. The fraction of sp³-hybridized carbons (Fsp3) is 0.385. The van der Waals surface area contributed by atoms with Crippen LogP contribution in [0.15, 0.2) is 25.9 Å². The molecule has 7 nitrogen and oxygen atoms in total. The molecule has 0 aliphatic rings. The van der Waals surface area contributed by atoms with Crippen molar-refractivity contribution in [2.75, 3.05) is 6.54 Å². The molecule has 2 rings (SSSR count). The Balaban J connectivity index is 1.90. The Labute approximate surface area is 115 Å². The first-order valence-electron chi connectivity index (χ1n) is 6.30. The van der Waals surface area contributed by atoms with Gasteiger partial charge in [-0.25, -0.2) is 0 Å². The van der Waals surface area contributed by atoms with E-state index in [1.807, 2.05) is 6.92 Å². The number of aromatic nitrogens is 2. The van der Waals surface area contributed by atoms with Gasteiger partial charge in [-0.1, -0.05) is 12.1 Å². The number of nitrogens with zero attached hydrogens (tertiary/aromatic N) is 2. The van der Waals surface area contributed by atoms with Crippen LogP contribution in [0.4, 0.5) is 0 Å². The first-order valence-corrected chi connectivity index (χ1v) is 6.30. The molecule has 0 atom stereocenters. The third-order valence-electron chi connectivity index (χ3n) is 2.56. The Morgan fingerprint density at radius 3 is 2.85 bits per heavy atom. The molecule has 0 saturated carbocycles. The van der Waals surface area contributed by atoms with E-state index in [-0.39, 0.29) is 11.2 Å². The van der Waals surface area contributed by atoms with Crippen LogP contribution in [-0.2, 0) is 12.8 Å². The molecule has 0 spiro atoms. The average Bonchev–Trinajstić information content (AvgIpc) is 2.85. The topological polar surface area (TPSA) is 98.2 Å². The van der Waals surface area contributed by atoms with Crippen LogP contribution < -0.4 is 10.7 Å². The quantitative estimate of drug-likeness (QED) is 0.870. The highest BCUT2D eigenvalue weighted by Gasteiger charge is 2.10. The summed E-state index contributed by atoms with van der Waals surface area (Å²) >= 11 is 0. The monoisotopic (exact) mass is 277 g/mol. The first-order chi connectivity index (χ1) is 9.58. The first kappa shape index (κ1) is 14.0. The highest BCUT2D eigenvalue weighted by atomic mass is 16.5. The van der Waals surface area contributed by atoms with Crippen molar-refractivity contribution in [3.63, 3.8) is 0 Å². The largest absolute Gasteiger partial charge is 0.456 e. The van der Waals surface area contributed by atoms with Crippen LogP contribution >= 0.6 is 0 Å². The van der Waals surface area contributed by atoms with Crippen molar-refractivity contribution < 1.29 is 13.7 Å². The maximum absolute atomic E-state index is 11.8. The summed E-state index contributed by atoms with van der Waals surface area (Å²) < 4.78 is 10.2. The fourth-order valence-electron chi connectivity index (χ4n) is 1.62. The molecule has 2 aromatic heterocycles. The second-order valence-corrected chi connectivity index (χ2v) is 4.23. The van der Waals surface area contributed by atoms with E-state index in [1.54, 1.807) is 6.92 Å². The van der Waals surface area contributed by atoms with Crippen molar-refractivity contribution in [2.45, 2.75) is 26.7 Å². The smallest absolute Gasteiger partial charge is 0.287 e. The number of hydrogen-bond donors (Lipinski definition) is 1. The minimum absolute atomic E-state index is 0.00484. The van der Waals surface area contributed by atoms with Crippen LogP contribution in [0, 0.1) is 6.92 Å². The zero-order valence-electron chi connectivity index (χ0n) is 11.3. The van der Waals surface area contributed by atoms with Gasteiger partial charge in [-0.15, -0.1) is 0 Å². The van der Waals surface area contributed by atoms with Crippen LogP contribution in [0.25, 0.3) is 0 Å². The minimum Gasteiger partial charge on any atom is -0.456 e. The summed E-state index contributed by atoms with van der Waals surface area (Å²) in [6, 6.07) is 2.48. The van der Waals surface area contributed by atoms with Gasteiger partial charge in [0.25, 0.3) is 5.91 Å². The summed E-state index contributed by atoms with van der Waals surface area (Å²) in [6.07, 6.45) is 1.12. The lowest BCUT2D eigenvalue weighted by molar-refractivity contribution is 0.0921. The van der Waals surface area contributed by atoms with E-state index in [1.165, 1.54) is 6.07 Å². The maximum Gasteiger partial charge on any atom is 0.287 e. The molecule has 0 aliphatic heterocycles. The van der Waals surface area contributed by atoms with Gasteiger partial charge in [0.1, 0.15) is 5.76 Å². The normalized spacial score (nSPS) is 10.5. The molecule has 1 amide bonds. The molecule has 0 aromatic carbocycles. The van der Waals surface area contributed by atoms with Gasteiger partial charge < -0.3 is 14.3 Å². The number of carbonyl (C=O) groups excluding carboxylic acids is 1. The van der Waals surface area contributed by atoms with Crippen LogP contribution in [0.5, 0.6) is 0 Å². The molecule has 7 heteroatoms. The second kappa shape index (κ2) is 6.14. The van der Waals surface area contributed by atoms with Gasteiger partial charge in [-0.3, -0.25) is 9.59 Å². The Hall–Kier alpha value is -2.44. The standard InChI is InChI=1S/C13H15N3O4/c1-3-11-15-12(20-16-11)4-5-14-13(18)10-7-9(17)6-8(2)19-10/h6-7H,3-5H2,1-2H3,(H,14,18). The van der Waals surface area contributed by atoms with Gasteiger partial charge in [-0.2, -0.15) is 4.98 Å². The number of hydrogen-bond acceptors (Lipinski definition) is 6. The summed E-state index contributed by atoms with van der Waals surface area (Å²) in [4.78, 5) is 27.2. The van der Waals surface area contributed by atoms with Gasteiger partial charge in [0.05, 0.1) is 0 Å². The van der Waals surface area contributed by atoms with Crippen molar-refractivity contribution in [3.8, 4) is 0 Å². The third-order valence-corrected chi connectivity index (χ3v) is 2.56. The van der Waals surface area contributed by atoms with E-state index >= 15 is 0 Å². The lowest BCUT2D eigenvalue weighted by Gasteiger charge is -2.03. The lowest BCUT2D eigenvalue weighted by Crippen LogP contribution is -2.26. The molecule has 0 bridgehead atoms. The zero-order valence-corrected chi connectivity index (χ0v) is 11.3. The highest BCUT2D eigenvalue weighted by Crippen LogP contribution is 2.01. The Kier molecular flexibility index (Phi) is 4.29. The molecule has 0 fully saturated rings. The molecular formula is C13H15N3O4. The maximum atomic E-state index is 11.8. The molecule has 0 aliphatic carbocycles. The lowest BCUT2D eigenvalue weighted by atomic mass is 10.3. The molecule has 0 radical (unpaired) electrons. The number of amides is 1. The van der Waals surface area contributed by atoms with Crippen molar-refractivity contribution >= 4 is 5.91 Å². The summed E-state index contributed by atoms with van der Waals surface area (Å²) in [5, 5.41) is 6.38. The number of carbonyl (C=O) groups is 1. The Morgan fingerprint density at radius 1 is 1.40 bits per heavy atom. The molecule has 106 valence electrons. The molecule has 2 heterocycles. The third kappa shape index (κ3) is 3.53. The van der Waals surface area contributed by atoms with Crippen LogP contribution in [0.1, 0.15) is 35.0 Å². The zero-order chi connectivity index (χ0) is 14.5. The van der Waals surface area contributed by atoms with Gasteiger partial charge in [0, 0.05) is 31.5 Å². The van der Waals surface area contributed by atoms with Crippen LogP contribution in [-0.4, -0.2) is 22.6 Å².